The Bertz CT molecular complexity index is 1120. The zero-order valence-corrected chi connectivity index (χ0v) is 17.7. The summed E-state index contributed by atoms with van der Waals surface area (Å²) in [5.41, 5.74) is 2.67. The molecule has 1 aliphatic heterocycles. The molecule has 0 radical (unpaired) electrons. The van der Waals surface area contributed by atoms with Crippen LogP contribution in [0.5, 0.6) is 0 Å². The highest BCUT2D eigenvalue weighted by atomic mass is 19.1. The first kappa shape index (κ1) is 21.0. The largest absolute Gasteiger partial charge is 0.326 e. The summed E-state index contributed by atoms with van der Waals surface area (Å²) in [4.78, 5) is 32.2. The van der Waals surface area contributed by atoms with Crippen molar-refractivity contribution in [1.82, 2.24) is 14.5 Å². The lowest BCUT2D eigenvalue weighted by Gasteiger charge is -2.25. The van der Waals surface area contributed by atoms with Gasteiger partial charge in [0, 0.05) is 25.2 Å². The van der Waals surface area contributed by atoms with Gasteiger partial charge >= 0.3 is 0 Å². The number of hydrogen-bond donors (Lipinski definition) is 2. The molecular formula is C23H26FN5O2. The Morgan fingerprint density at radius 2 is 2.03 bits per heavy atom. The Labute approximate surface area is 180 Å². The van der Waals surface area contributed by atoms with Crippen molar-refractivity contribution >= 4 is 34.5 Å². The molecule has 7 nitrogen and oxygen atoms in total. The molecule has 1 aliphatic rings. The van der Waals surface area contributed by atoms with E-state index in [9.17, 15) is 14.0 Å². The van der Waals surface area contributed by atoms with Gasteiger partial charge in [0.05, 0.1) is 17.0 Å². The maximum absolute atomic E-state index is 13.6. The van der Waals surface area contributed by atoms with Crippen molar-refractivity contribution in [3.8, 4) is 0 Å². The maximum atomic E-state index is 13.6. The number of halogens is 1. The van der Waals surface area contributed by atoms with Gasteiger partial charge in [-0.2, -0.15) is 0 Å². The number of fused-ring (bicyclic) bond motifs is 2. The minimum atomic E-state index is -0.708. The lowest BCUT2D eigenvalue weighted by Crippen LogP contribution is -2.32. The standard InChI is InChI=1S/C23H26FN5O2/c1-3-28(4-2)11-12-29-20-8-6-5-7-18(20)26-23(29)27-22(31)17-14-21(30)25-19-13-15(24)9-10-16(17)19/h5-10,13,17H,3-4,11-12,14H2,1-2H3,(H,25,30)(H,26,27,31). The van der Waals surface area contributed by atoms with Crippen LogP contribution in [-0.2, 0) is 16.1 Å². The number of nitrogens with zero attached hydrogens (tertiary/aromatic N) is 3. The minimum Gasteiger partial charge on any atom is -0.326 e. The quantitative estimate of drug-likeness (QED) is 0.609. The predicted molar refractivity (Wildman–Crippen MR) is 119 cm³/mol. The molecule has 3 aromatic rings. The van der Waals surface area contributed by atoms with E-state index in [0.717, 1.165) is 30.7 Å². The Hall–Kier alpha value is -3.26. The van der Waals surface area contributed by atoms with Crippen LogP contribution in [0.3, 0.4) is 0 Å². The third-order valence-electron chi connectivity index (χ3n) is 5.79. The van der Waals surface area contributed by atoms with Gasteiger partial charge in [0.2, 0.25) is 17.8 Å². The number of imidazole rings is 1. The number of rotatable bonds is 7. The first-order chi connectivity index (χ1) is 15.0. The zero-order valence-electron chi connectivity index (χ0n) is 17.7. The maximum Gasteiger partial charge on any atom is 0.234 e. The summed E-state index contributed by atoms with van der Waals surface area (Å²) in [6, 6.07) is 11.8. The van der Waals surface area contributed by atoms with Crippen molar-refractivity contribution in [3.05, 3.63) is 53.8 Å². The van der Waals surface area contributed by atoms with Crippen molar-refractivity contribution in [2.24, 2.45) is 0 Å². The molecule has 162 valence electrons. The van der Waals surface area contributed by atoms with Crippen LogP contribution < -0.4 is 10.6 Å². The second kappa shape index (κ2) is 8.85. The highest BCUT2D eigenvalue weighted by Gasteiger charge is 2.31. The number of nitrogens with one attached hydrogen (secondary N) is 2. The smallest absolute Gasteiger partial charge is 0.234 e. The Balaban J connectivity index is 1.63. The zero-order chi connectivity index (χ0) is 22.0. The van der Waals surface area contributed by atoms with Gasteiger partial charge in [-0.25, -0.2) is 9.37 Å². The molecule has 0 fully saturated rings. The molecular weight excluding hydrogens is 397 g/mol. The number of carbonyl (C=O) groups is 2. The second-order valence-corrected chi connectivity index (χ2v) is 7.63. The molecule has 0 aliphatic carbocycles. The third kappa shape index (κ3) is 4.29. The monoisotopic (exact) mass is 423 g/mol. The first-order valence-electron chi connectivity index (χ1n) is 10.6. The van der Waals surface area contributed by atoms with Gasteiger partial charge in [-0.3, -0.25) is 14.9 Å². The molecule has 2 N–H and O–H groups in total. The average Bonchev–Trinajstić information content (AvgIpc) is 3.10. The summed E-state index contributed by atoms with van der Waals surface area (Å²) in [5.74, 6) is -1.36. The van der Waals surface area contributed by atoms with Gasteiger partial charge < -0.3 is 14.8 Å². The van der Waals surface area contributed by atoms with Gasteiger partial charge in [0.1, 0.15) is 5.82 Å². The second-order valence-electron chi connectivity index (χ2n) is 7.63. The number of benzene rings is 2. The van der Waals surface area contributed by atoms with Crippen LogP contribution in [0.2, 0.25) is 0 Å². The van der Waals surface area contributed by atoms with Crippen LogP contribution in [0, 0.1) is 5.82 Å². The molecule has 1 unspecified atom stereocenters. The summed E-state index contributed by atoms with van der Waals surface area (Å²) in [7, 11) is 0. The Morgan fingerprint density at radius 1 is 1.26 bits per heavy atom. The van der Waals surface area contributed by atoms with Gasteiger partial charge in [-0.15, -0.1) is 0 Å². The molecule has 1 aromatic heterocycles. The first-order valence-corrected chi connectivity index (χ1v) is 10.6. The van der Waals surface area contributed by atoms with E-state index in [2.05, 4.69) is 34.4 Å². The van der Waals surface area contributed by atoms with Gasteiger partial charge in [-0.05, 0) is 42.9 Å². The van der Waals surface area contributed by atoms with Crippen LogP contribution in [0.15, 0.2) is 42.5 Å². The topological polar surface area (TPSA) is 79.3 Å². The van der Waals surface area contributed by atoms with E-state index in [4.69, 9.17) is 0 Å². The normalized spacial score (nSPS) is 15.7. The van der Waals surface area contributed by atoms with Crippen molar-refractivity contribution in [2.45, 2.75) is 32.7 Å². The lowest BCUT2D eigenvalue weighted by atomic mass is 9.90. The molecule has 8 heteroatoms. The number of hydrogen-bond acceptors (Lipinski definition) is 4. The summed E-state index contributed by atoms with van der Waals surface area (Å²) >= 11 is 0. The molecule has 31 heavy (non-hydrogen) atoms. The highest BCUT2D eigenvalue weighted by molar-refractivity contribution is 6.05. The summed E-state index contributed by atoms with van der Waals surface area (Å²) in [6.45, 7) is 7.61. The minimum absolute atomic E-state index is 0.00411. The fourth-order valence-corrected chi connectivity index (χ4v) is 4.05. The molecule has 2 heterocycles. The predicted octanol–water partition coefficient (Wildman–Crippen LogP) is 3.58. The fourth-order valence-electron chi connectivity index (χ4n) is 4.05. The van der Waals surface area contributed by atoms with E-state index in [1.165, 1.54) is 12.1 Å². The highest BCUT2D eigenvalue weighted by Crippen LogP contribution is 2.33. The summed E-state index contributed by atoms with van der Waals surface area (Å²) < 4.78 is 15.6. The van der Waals surface area contributed by atoms with Gasteiger partial charge in [0.25, 0.3) is 0 Å². The molecule has 2 amide bonds. The van der Waals surface area contributed by atoms with Crippen molar-refractivity contribution in [2.75, 3.05) is 30.3 Å². The van der Waals surface area contributed by atoms with E-state index in [1.54, 1.807) is 6.07 Å². The Kier molecular flexibility index (Phi) is 5.99. The number of aromatic nitrogens is 2. The van der Waals surface area contributed by atoms with Crippen LogP contribution >= 0.6 is 0 Å². The fraction of sp³-hybridized carbons (Fsp3) is 0.348. The number of likely N-dealkylation sites (N-methyl/N-ethyl adjacent to an activating group) is 1. The summed E-state index contributed by atoms with van der Waals surface area (Å²) in [5, 5.41) is 5.57. The molecule has 0 saturated carbocycles. The van der Waals surface area contributed by atoms with Crippen LogP contribution in [0.4, 0.5) is 16.0 Å². The van der Waals surface area contributed by atoms with E-state index in [-0.39, 0.29) is 18.2 Å². The molecule has 0 saturated heterocycles. The SMILES string of the molecule is CCN(CC)CCn1c(NC(=O)C2CC(=O)Nc3cc(F)ccc32)nc2ccccc21. The summed E-state index contributed by atoms with van der Waals surface area (Å²) in [6.07, 6.45) is 0.00411. The molecule has 1 atom stereocenters. The third-order valence-corrected chi connectivity index (χ3v) is 5.79. The number of anilines is 2. The number of carbonyl (C=O) groups excluding carboxylic acids is 2. The van der Waals surface area contributed by atoms with E-state index >= 15 is 0 Å². The van der Waals surface area contributed by atoms with Crippen molar-refractivity contribution in [1.29, 1.82) is 0 Å². The van der Waals surface area contributed by atoms with Gasteiger partial charge in [-0.1, -0.05) is 32.0 Å². The van der Waals surface area contributed by atoms with Crippen LogP contribution in [-0.4, -0.2) is 45.9 Å². The average molecular weight is 423 g/mol. The molecule has 0 bridgehead atoms. The van der Waals surface area contributed by atoms with Crippen LogP contribution in [0.25, 0.3) is 11.0 Å². The van der Waals surface area contributed by atoms with E-state index < -0.39 is 11.7 Å². The van der Waals surface area contributed by atoms with Crippen molar-refractivity contribution < 1.29 is 14.0 Å². The molecule has 0 spiro atoms. The lowest BCUT2D eigenvalue weighted by molar-refractivity contribution is -0.123. The van der Waals surface area contributed by atoms with Crippen LogP contribution in [0.1, 0.15) is 31.7 Å². The Morgan fingerprint density at radius 3 is 2.81 bits per heavy atom. The molecule has 4 rings (SSSR count). The van der Waals surface area contributed by atoms with E-state index in [1.807, 2.05) is 28.8 Å². The van der Waals surface area contributed by atoms with E-state index in [0.29, 0.717) is 23.7 Å². The van der Waals surface area contributed by atoms with Gasteiger partial charge in [0.15, 0.2) is 0 Å². The number of para-hydroxylation sites is 2. The molecule has 2 aromatic carbocycles. The van der Waals surface area contributed by atoms with Crippen molar-refractivity contribution in [3.63, 3.8) is 0 Å². The number of amides is 2.